The van der Waals surface area contributed by atoms with Gasteiger partial charge in [0.05, 0.1) is 0 Å². The minimum Gasteiger partial charge on any atom is -0.368 e. The van der Waals surface area contributed by atoms with Crippen LogP contribution < -0.4 is 5.32 Å². The highest BCUT2D eigenvalue weighted by Gasteiger charge is 2.23. The van der Waals surface area contributed by atoms with E-state index >= 15 is 0 Å². The molecule has 1 heterocycles. The van der Waals surface area contributed by atoms with Crippen molar-refractivity contribution < 1.29 is 9.53 Å². The normalized spacial score (nSPS) is 20.6. The maximum absolute atomic E-state index is 11.8. The fourth-order valence-corrected chi connectivity index (χ4v) is 2.26. The molecule has 2 atom stereocenters. The molecular formula is C15H21NO2. The molecule has 1 saturated heterocycles. The van der Waals surface area contributed by atoms with E-state index in [-0.39, 0.29) is 12.0 Å². The molecule has 0 aliphatic carbocycles. The predicted octanol–water partition coefficient (Wildman–Crippen LogP) is 2.16. The second-order valence-electron chi connectivity index (χ2n) is 5.04. The van der Waals surface area contributed by atoms with Crippen molar-refractivity contribution >= 4 is 5.91 Å². The molecule has 1 aliphatic rings. The maximum Gasteiger partial charge on any atom is 0.249 e. The molecule has 2 unspecified atom stereocenters. The first kappa shape index (κ1) is 13.1. The minimum absolute atomic E-state index is 0.0485. The van der Waals surface area contributed by atoms with Crippen molar-refractivity contribution in [1.82, 2.24) is 5.32 Å². The summed E-state index contributed by atoms with van der Waals surface area (Å²) < 4.78 is 5.35. The molecule has 1 N–H and O–H groups in total. The molecule has 3 nitrogen and oxygen atoms in total. The number of rotatable bonds is 5. The molecule has 1 aromatic carbocycles. The van der Waals surface area contributed by atoms with Crippen molar-refractivity contribution in [2.45, 2.75) is 32.3 Å². The highest BCUT2D eigenvalue weighted by molar-refractivity contribution is 5.80. The van der Waals surface area contributed by atoms with E-state index in [2.05, 4.69) is 24.4 Å². The summed E-state index contributed by atoms with van der Waals surface area (Å²) in [7, 11) is 0. The van der Waals surface area contributed by atoms with Gasteiger partial charge < -0.3 is 10.1 Å². The fourth-order valence-electron chi connectivity index (χ4n) is 2.26. The molecular weight excluding hydrogens is 226 g/mol. The Bertz CT molecular complexity index is 371. The zero-order valence-electron chi connectivity index (χ0n) is 10.9. The van der Waals surface area contributed by atoms with Gasteiger partial charge in [0.15, 0.2) is 0 Å². The predicted molar refractivity (Wildman–Crippen MR) is 71.3 cm³/mol. The first-order valence-corrected chi connectivity index (χ1v) is 6.69. The summed E-state index contributed by atoms with van der Waals surface area (Å²) >= 11 is 0. The summed E-state index contributed by atoms with van der Waals surface area (Å²) in [6.45, 7) is 3.59. The van der Waals surface area contributed by atoms with Gasteiger partial charge in [0.1, 0.15) is 6.10 Å². The van der Waals surface area contributed by atoms with E-state index in [4.69, 9.17) is 4.74 Å². The summed E-state index contributed by atoms with van der Waals surface area (Å²) in [5.74, 6) is 0.491. The van der Waals surface area contributed by atoms with Crippen LogP contribution in [0.3, 0.4) is 0 Å². The standard InChI is InChI=1S/C15H21NO2/c1-12(10-13-6-3-2-4-7-13)11-16-15(17)14-8-5-9-18-14/h2-4,6-7,12,14H,5,8-11H2,1H3,(H,16,17). The molecule has 1 fully saturated rings. The lowest BCUT2D eigenvalue weighted by Gasteiger charge is -2.15. The van der Waals surface area contributed by atoms with Gasteiger partial charge in [0, 0.05) is 13.2 Å². The van der Waals surface area contributed by atoms with Gasteiger partial charge in [-0.1, -0.05) is 37.3 Å². The zero-order chi connectivity index (χ0) is 12.8. The minimum atomic E-state index is -0.214. The Morgan fingerprint density at radius 1 is 1.44 bits per heavy atom. The van der Waals surface area contributed by atoms with E-state index in [1.54, 1.807) is 0 Å². The quantitative estimate of drug-likeness (QED) is 0.866. The summed E-state index contributed by atoms with van der Waals surface area (Å²) in [6, 6.07) is 10.4. The Morgan fingerprint density at radius 2 is 2.22 bits per heavy atom. The van der Waals surface area contributed by atoms with Crippen LogP contribution in [0.5, 0.6) is 0 Å². The lowest BCUT2D eigenvalue weighted by Crippen LogP contribution is -2.37. The summed E-state index contributed by atoms with van der Waals surface area (Å²) in [5.41, 5.74) is 1.32. The zero-order valence-corrected chi connectivity index (χ0v) is 10.9. The van der Waals surface area contributed by atoms with E-state index in [0.29, 0.717) is 12.5 Å². The van der Waals surface area contributed by atoms with Crippen molar-refractivity contribution in [3.05, 3.63) is 35.9 Å². The molecule has 1 aromatic rings. The van der Waals surface area contributed by atoms with Gasteiger partial charge in [-0.25, -0.2) is 0 Å². The second kappa shape index (κ2) is 6.55. The van der Waals surface area contributed by atoms with Gasteiger partial charge in [-0.3, -0.25) is 4.79 Å². The number of amides is 1. The Labute approximate surface area is 109 Å². The molecule has 0 radical (unpaired) electrons. The lowest BCUT2D eigenvalue weighted by atomic mass is 10.0. The van der Waals surface area contributed by atoms with Crippen LogP contribution in [0.4, 0.5) is 0 Å². The maximum atomic E-state index is 11.8. The van der Waals surface area contributed by atoms with Gasteiger partial charge in [-0.05, 0) is 30.7 Å². The third kappa shape index (κ3) is 3.84. The van der Waals surface area contributed by atoms with E-state index in [1.807, 2.05) is 18.2 Å². The number of ether oxygens (including phenoxy) is 1. The Hall–Kier alpha value is -1.35. The number of hydrogen-bond donors (Lipinski definition) is 1. The van der Waals surface area contributed by atoms with Gasteiger partial charge in [-0.2, -0.15) is 0 Å². The molecule has 98 valence electrons. The van der Waals surface area contributed by atoms with E-state index < -0.39 is 0 Å². The van der Waals surface area contributed by atoms with E-state index in [0.717, 1.165) is 25.9 Å². The number of nitrogens with one attached hydrogen (secondary N) is 1. The summed E-state index contributed by atoms with van der Waals surface area (Å²) in [6.07, 6.45) is 2.64. The molecule has 1 aliphatic heterocycles. The van der Waals surface area contributed by atoms with Gasteiger partial charge in [0.2, 0.25) is 5.91 Å². The molecule has 3 heteroatoms. The first-order chi connectivity index (χ1) is 8.75. The van der Waals surface area contributed by atoms with Crippen LogP contribution in [0.25, 0.3) is 0 Å². The van der Waals surface area contributed by atoms with Crippen molar-refractivity contribution in [1.29, 1.82) is 0 Å². The molecule has 1 amide bonds. The van der Waals surface area contributed by atoms with Crippen LogP contribution >= 0.6 is 0 Å². The summed E-state index contributed by atoms with van der Waals surface area (Å²) in [4.78, 5) is 11.8. The van der Waals surface area contributed by atoms with Crippen molar-refractivity contribution in [3.63, 3.8) is 0 Å². The van der Waals surface area contributed by atoms with Gasteiger partial charge in [-0.15, -0.1) is 0 Å². The smallest absolute Gasteiger partial charge is 0.249 e. The average Bonchev–Trinajstić information content (AvgIpc) is 2.91. The van der Waals surface area contributed by atoms with Crippen LogP contribution in [-0.2, 0) is 16.0 Å². The highest BCUT2D eigenvalue weighted by Crippen LogP contribution is 2.12. The first-order valence-electron chi connectivity index (χ1n) is 6.69. The van der Waals surface area contributed by atoms with Crippen LogP contribution in [-0.4, -0.2) is 25.2 Å². The van der Waals surface area contributed by atoms with E-state index in [1.165, 1.54) is 5.56 Å². The summed E-state index contributed by atoms with van der Waals surface area (Å²) in [5, 5.41) is 2.98. The van der Waals surface area contributed by atoms with Crippen LogP contribution in [0.1, 0.15) is 25.3 Å². The lowest BCUT2D eigenvalue weighted by molar-refractivity contribution is -0.130. The Morgan fingerprint density at radius 3 is 2.89 bits per heavy atom. The third-order valence-corrected chi connectivity index (χ3v) is 3.27. The number of carbonyl (C=O) groups is 1. The third-order valence-electron chi connectivity index (χ3n) is 3.27. The topological polar surface area (TPSA) is 38.3 Å². The molecule has 0 aromatic heterocycles. The SMILES string of the molecule is CC(CNC(=O)C1CCCO1)Cc1ccccc1. The Balaban J connectivity index is 1.71. The van der Waals surface area contributed by atoms with Crippen molar-refractivity contribution in [2.24, 2.45) is 5.92 Å². The van der Waals surface area contributed by atoms with Crippen LogP contribution in [0, 0.1) is 5.92 Å². The Kier molecular flexibility index (Phi) is 4.76. The molecule has 0 spiro atoms. The fraction of sp³-hybridized carbons (Fsp3) is 0.533. The molecule has 2 rings (SSSR count). The highest BCUT2D eigenvalue weighted by atomic mass is 16.5. The second-order valence-corrected chi connectivity index (χ2v) is 5.04. The molecule has 18 heavy (non-hydrogen) atoms. The van der Waals surface area contributed by atoms with Crippen LogP contribution in [0.15, 0.2) is 30.3 Å². The largest absolute Gasteiger partial charge is 0.368 e. The molecule has 0 bridgehead atoms. The molecule has 0 saturated carbocycles. The monoisotopic (exact) mass is 247 g/mol. The van der Waals surface area contributed by atoms with E-state index in [9.17, 15) is 4.79 Å². The van der Waals surface area contributed by atoms with Gasteiger partial charge in [0.25, 0.3) is 0 Å². The van der Waals surface area contributed by atoms with Gasteiger partial charge >= 0.3 is 0 Å². The number of hydrogen-bond acceptors (Lipinski definition) is 2. The number of benzene rings is 1. The average molecular weight is 247 g/mol. The number of carbonyl (C=O) groups excluding carboxylic acids is 1. The van der Waals surface area contributed by atoms with Crippen molar-refractivity contribution in [3.8, 4) is 0 Å². The van der Waals surface area contributed by atoms with Crippen molar-refractivity contribution in [2.75, 3.05) is 13.2 Å². The van der Waals surface area contributed by atoms with Crippen LogP contribution in [0.2, 0.25) is 0 Å².